The van der Waals surface area contributed by atoms with Crippen LogP contribution in [-0.4, -0.2) is 53.0 Å². The highest BCUT2D eigenvalue weighted by molar-refractivity contribution is 5.38. The molecule has 0 spiro atoms. The standard InChI is InChI=1S/C6H10O6/c7-1-3-5(11-2-8)4(9)6(10)12-3/h2-7,9-10H,1H2/t3-,4-,5-,6?/m1/s1. The predicted molar refractivity (Wildman–Crippen MR) is 34.9 cm³/mol. The number of aliphatic hydroxyl groups is 3. The Hall–Kier alpha value is -0.690. The van der Waals surface area contributed by atoms with Crippen LogP contribution in [0.5, 0.6) is 0 Å². The molecule has 0 aliphatic carbocycles. The summed E-state index contributed by atoms with van der Waals surface area (Å²) in [5.74, 6) is 0. The minimum Gasteiger partial charge on any atom is -0.459 e. The molecule has 1 fully saturated rings. The Kier molecular flexibility index (Phi) is 2.99. The second-order valence-electron chi connectivity index (χ2n) is 2.44. The van der Waals surface area contributed by atoms with E-state index in [1.807, 2.05) is 0 Å². The molecule has 1 rings (SSSR count). The lowest BCUT2D eigenvalue weighted by Gasteiger charge is -2.15. The molecular formula is C6H10O6. The average molecular weight is 178 g/mol. The molecule has 0 amide bonds. The number of carbonyl (C=O) groups excluding carboxylic acids is 1. The van der Waals surface area contributed by atoms with Crippen LogP contribution in [0.2, 0.25) is 0 Å². The van der Waals surface area contributed by atoms with E-state index >= 15 is 0 Å². The van der Waals surface area contributed by atoms with Gasteiger partial charge in [0.15, 0.2) is 12.4 Å². The first-order chi connectivity index (χ1) is 5.70. The summed E-state index contributed by atoms with van der Waals surface area (Å²) in [4.78, 5) is 9.92. The van der Waals surface area contributed by atoms with Crippen molar-refractivity contribution in [2.24, 2.45) is 0 Å². The van der Waals surface area contributed by atoms with E-state index in [1.54, 1.807) is 0 Å². The van der Waals surface area contributed by atoms with Crippen LogP contribution in [0.15, 0.2) is 0 Å². The highest BCUT2D eigenvalue weighted by atomic mass is 16.7. The second kappa shape index (κ2) is 3.81. The summed E-state index contributed by atoms with van der Waals surface area (Å²) >= 11 is 0. The molecule has 3 N–H and O–H groups in total. The zero-order chi connectivity index (χ0) is 9.14. The van der Waals surface area contributed by atoms with Crippen molar-refractivity contribution in [3.8, 4) is 0 Å². The van der Waals surface area contributed by atoms with Crippen molar-refractivity contribution in [2.75, 3.05) is 6.61 Å². The summed E-state index contributed by atoms with van der Waals surface area (Å²) in [6.45, 7) is -0.287. The van der Waals surface area contributed by atoms with Gasteiger partial charge in [0.05, 0.1) is 6.61 Å². The molecule has 0 aromatic carbocycles. The maximum atomic E-state index is 9.92. The van der Waals surface area contributed by atoms with Crippen molar-refractivity contribution in [3.63, 3.8) is 0 Å². The summed E-state index contributed by atoms with van der Waals surface area (Å²) < 4.78 is 9.07. The maximum absolute atomic E-state index is 9.92. The third-order valence-electron chi connectivity index (χ3n) is 1.70. The van der Waals surface area contributed by atoms with Gasteiger partial charge in [0, 0.05) is 0 Å². The van der Waals surface area contributed by atoms with Crippen LogP contribution in [0.4, 0.5) is 0 Å². The topological polar surface area (TPSA) is 96.2 Å². The highest BCUT2D eigenvalue weighted by Gasteiger charge is 2.44. The Morgan fingerprint density at radius 1 is 1.50 bits per heavy atom. The Balaban J connectivity index is 2.59. The van der Waals surface area contributed by atoms with Crippen LogP contribution in [0.25, 0.3) is 0 Å². The van der Waals surface area contributed by atoms with E-state index in [-0.39, 0.29) is 6.47 Å². The minimum absolute atomic E-state index is 0.137. The maximum Gasteiger partial charge on any atom is 0.293 e. The molecule has 1 unspecified atom stereocenters. The largest absolute Gasteiger partial charge is 0.459 e. The lowest BCUT2D eigenvalue weighted by atomic mass is 10.1. The molecule has 0 saturated carbocycles. The fraction of sp³-hybridized carbons (Fsp3) is 0.833. The van der Waals surface area contributed by atoms with Crippen LogP contribution >= 0.6 is 0 Å². The predicted octanol–water partition coefficient (Wildman–Crippen LogP) is -2.40. The first-order valence-electron chi connectivity index (χ1n) is 3.42. The molecule has 70 valence electrons. The van der Waals surface area contributed by atoms with E-state index < -0.39 is 31.2 Å². The molecule has 1 aliphatic rings. The third-order valence-corrected chi connectivity index (χ3v) is 1.70. The molecule has 6 nitrogen and oxygen atoms in total. The summed E-state index contributed by atoms with van der Waals surface area (Å²) in [7, 11) is 0. The summed E-state index contributed by atoms with van der Waals surface area (Å²) in [5, 5.41) is 26.7. The lowest BCUT2D eigenvalue weighted by Crippen LogP contribution is -2.36. The van der Waals surface area contributed by atoms with Crippen molar-refractivity contribution < 1.29 is 29.6 Å². The SMILES string of the molecule is O=CO[C@@H]1[C@@H](CO)OC(O)[C@@H]1O. The molecule has 1 heterocycles. The number of rotatable bonds is 3. The molecule has 0 radical (unpaired) electrons. The number of carbonyl (C=O) groups is 1. The minimum atomic E-state index is -1.41. The van der Waals surface area contributed by atoms with Gasteiger partial charge in [0.25, 0.3) is 6.47 Å². The Labute approximate surface area is 68.3 Å². The van der Waals surface area contributed by atoms with Gasteiger partial charge in [-0.3, -0.25) is 4.79 Å². The molecule has 0 aromatic rings. The first kappa shape index (κ1) is 9.40. The van der Waals surface area contributed by atoms with Gasteiger partial charge in [-0.2, -0.15) is 0 Å². The number of hydrogen-bond acceptors (Lipinski definition) is 6. The first-order valence-corrected chi connectivity index (χ1v) is 3.42. The third kappa shape index (κ3) is 1.56. The normalized spacial score (nSPS) is 41.2. The number of hydrogen-bond donors (Lipinski definition) is 3. The molecule has 1 saturated heterocycles. The van der Waals surface area contributed by atoms with E-state index in [9.17, 15) is 4.79 Å². The molecule has 0 bridgehead atoms. The van der Waals surface area contributed by atoms with Gasteiger partial charge >= 0.3 is 0 Å². The smallest absolute Gasteiger partial charge is 0.293 e. The molecular weight excluding hydrogens is 168 g/mol. The Morgan fingerprint density at radius 3 is 2.67 bits per heavy atom. The second-order valence-corrected chi connectivity index (χ2v) is 2.44. The molecule has 12 heavy (non-hydrogen) atoms. The molecule has 1 aliphatic heterocycles. The summed E-state index contributed by atoms with van der Waals surface area (Å²) in [6.07, 6.45) is -4.57. The molecule has 0 aromatic heterocycles. The van der Waals surface area contributed by atoms with Crippen LogP contribution in [0.1, 0.15) is 0 Å². The lowest BCUT2D eigenvalue weighted by molar-refractivity contribution is -0.140. The number of aliphatic hydroxyl groups excluding tert-OH is 3. The molecule has 4 atom stereocenters. The van der Waals surface area contributed by atoms with E-state index in [0.717, 1.165) is 0 Å². The van der Waals surface area contributed by atoms with E-state index in [1.165, 1.54) is 0 Å². The van der Waals surface area contributed by atoms with Crippen molar-refractivity contribution in [1.82, 2.24) is 0 Å². The fourth-order valence-electron chi connectivity index (χ4n) is 1.10. The van der Waals surface area contributed by atoms with Crippen molar-refractivity contribution in [1.29, 1.82) is 0 Å². The van der Waals surface area contributed by atoms with Gasteiger partial charge in [0.1, 0.15) is 12.2 Å². The van der Waals surface area contributed by atoms with Gasteiger partial charge in [-0.05, 0) is 0 Å². The van der Waals surface area contributed by atoms with Crippen molar-refractivity contribution in [3.05, 3.63) is 0 Å². The average Bonchev–Trinajstić information content (AvgIpc) is 2.33. The molecule has 6 heteroatoms. The van der Waals surface area contributed by atoms with Crippen molar-refractivity contribution in [2.45, 2.75) is 24.6 Å². The van der Waals surface area contributed by atoms with Gasteiger partial charge < -0.3 is 24.8 Å². The van der Waals surface area contributed by atoms with Crippen molar-refractivity contribution >= 4 is 6.47 Å². The van der Waals surface area contributed by atoms with Crippen LogP contribution in [-0.2, 0) is 14.3 Å². The Morgan fingerprint density at radius 2 is 2.17 bits per heavy atom. The van der Waals surface area contributed by atoms with Gasteiger partial charge in [-0.25, -0.2) is 0 Å². The zero-order valence-corrected chi connectivity index (χ0v) is 6.16. The summed E-state index contributed by atoms with van der Waals surface area (Å²) in [6, 6.07) is 0. The number of ether oxygens (including phenoxy) is 2. The fourth-order valence-corrected chi connectivity index (χ4v) is 1.10. The monoisotopic (exact) mass is 178 g/mol. The van der Waals surface area contributed by atoms with Gasteiger partial charge in [-0.15, -0.1) is 0 Å². The van der Waals surface area contributed by atoms with Crippen LogP contribution < -0.4 is 0 Å². The van der Waals surface area contributed by atoms with Gasteiger partial charge in [0.2, 0.25) is 0 Å². The zero-order valence-electron chi connectivity index (χ0n) is 6.16. The van der Waals surface area contributed by atoms with E-state index in [2.05, 4.69) is 9.47 Å². The summed E-state index contributed by atoms with van der Waals surface area (Å²) in [5.41, 5.74) is 0. The van der Waals surface area contributed by atoms with E-state index in [4.69, 9.17) is 15.3 Å². The van der Waals surface area contributed by atoms with E-state index in [0.29, 0.717) is 0 Å². The van der Waals surface area contributed by atoms with Crippen LogP contribution in [0, 0.1) is 0 Å². The Bertz CT molecular complexity index is 160. The quantitative estimate of drug-likeness (QED) is 0.417. The highest BCUT2D eigenvalue weighted by Crippen LogP contribution is 2.21. The van der Waals surface area contributed by atoms with Gasteiger partial charge in [-0.1, -0.05) is 0 Å². The van der Waals surface area contributed by atoms with Crippen LogP contribution in [0.3, 0.4) is 0 Å².